The van der Waals surface area contributed by atoms with E-state index in [2.05, 4.69) is 0 Å². The topological polar surface area (TPSA) is 54.4 Å². The molecule has 0 aliphatic heterocycles. The third kappa shape index (κ3) is 2.60. The third-order valence-electron chi connectivity index (χ3n) is 3.45. The lowest BCUT2D eigenvalue weighted by Crippen LogP contribution is -2.13. The Morgan fingerprint density at radius 3 is 2.10 bits per heavy atom. The second kappa shape index (κ2) is 5.35. The summed E-state index contributed by atoms with van der Waals surface area (Å²) in [4.78, 5) is 22.6. The molecule has 0 saturated carbocycles. The molecule has 0 saturated heterocycles. The van der Waals surface area contributed by atoms with Gasteiger partial charge >= 0.3 is 0 Å². The maximum absolute atomic E-state index is 12.5. The standard InChI is InChI=1S/C16H17O3P/c1-11-9-13(3)15(10-12(11)2)16(17)20(18,19)14-7-5-4-6-8-14/h4-10H,1-3H3,(H,18,19). The fourth-order valence-electron chi connectivity index (χ4n) is 2.10. The fraction of sp³-hybridized carbons (Fsp3) is 0.188. The van der Waals surface area contributed by atoms with E-state index < -0.39 is 12.9 Å². The van der Waals surface area contributed by atoms with E-state index in [4.69, 9.17) is 0 Å². The largest absolute Gasteiger partial charge is 0.336 e. The maximum Gasteiger partial charge on any atom is 0.298 e. The van der Waals surface area contributed by atoms with Gasteiger partial charge in [-0.25, -0.2) is 0 Å². The van der Waals surface area contributed by atoms with Gasteiger partial charge in [0, 0.05) is 10.9 Å². The van der Waals surface area contributed by atoms with Crippen LogP contribution in [-0.4, -0.2) is 10.4 Å². The van der Waals surface area contributed by atoms with E-state index in [1.54, 1.807) is 31.2 Å². The third-order valence-corrected chi connectivity index (χ3v) is 5.24. The van der Waals surface area contributed by atoms with Crippen LogP contribution in [0.25, 0.3) is 0 Å². The van der Waals surface area contributed by atoms with Crippen LogP contribution in [0.15, 0.2) is 42.5 Å². The molecule has 20 heavy (non-hydrogen) atoms. The van der Waals surface area contributed by atoms with Crippen LogP contribution >= 0.6 is 7.37 Å². The molecule has 0 aliphatic rings. The van der Waals surface area contributed by atoms with E-state index in [1.165, 1.54) is 12.1 Å². The van der Waals surface area contributed by atoms with Gasteiger partial charge in [-0.15, -0.1) is 0 Å². The Kier molecular flexibility index (Phi) is 3.94. The summed E-state index contributed by atoms with van der Waals surface area (Å²) in [7, 11) is -4.06. The second-order valence-corrected chi connectivity index (χ2v) is 7.04. The molecule has 0 spiro atoms. The van der Waals surface area contributed by atoms with Crippen LogP contribution in [-0.2, 0) is 4.57 Å². The Morgan fingerprint density at radius 1 is 0.950 bits per heavy atom. The maximum atomic E-state index is 12.5. The van der Waals surface area contributed by atoms with E-state index in [0.29, 0.717) is 5.56 Å². The Balaban J connectivity index is 2.52. The lowest BCUT2D eigenvalue weighted by Gasteiger charge is -2.14. The van der Waals surface area contributed by atoms with Gasteiger partial charge in [-0.05, 0) is 55.7 Å². The van der Waals surface area contributed by atoms with E-state index in [-0.39, 0.29) is 5.30 Å². The molecule has 4 heteroatoms. The van der Waals surface area contributed by atoms with Crippen molar-refractivity contribution in [1.29, 1.82) is 0 Å². The van der Waals surface area contributed by atoms with Crippen LogP contribution in [0.3, 0.4) is 0 Å². The first-order chi connectivity index (χ1) is 9.34. The Bertz CT molecular complexity index is 705. The highest BCUT2D eigenvalue weighted by Crippen LogP contribution is 2.43. The van der Waals surface area contributed by atoms with Gasteiger partial charge in [0.1, 0.15) is 0 Å². The summed E-state index contributed by atoms with van der Waals surface area (Å²) in [5.41, 5.74) is 2.34. The van der Waals surface area contributed by atoms with E-state index >= 15 is 0 Å². The number of hydrogen-bond donors (Lipinski definition) is 1. The number of carbonyl (C=O) groups excluding carboxylic acids is 1. The summed E-state index contributed by atoms with van der Waals surface area (Å²) in [6.45, 7) is 5.62. The molecule has 2 aromatic rings. The molecular formula is C16H17O3P. The zero-order valence-corrected chi connectivity index (χ0v) is 12.6. The normalized spacial score (nSPS) is 13.8. The van der Waals surface area contributed by atoms with Gasteiger partial charge in [-0.2, -0.15) is 0 Å². The van der Waals surface area contributed by atoms with Crippen molar-refractivity contribution in [1.82, 2.24) is 0 Å². The number of carbonyl (C=O) groups is 1. The number of aryl methyl sites for hydroxylation is 3. The molecule has 0 fully saturated rings. The molecule has 104 valence electrons. The molecule has 0 radical (unpaired) electrons. The van der Waals surface area contributed by atoms with Crippen molar-refractivity contribution < 1.29 is 14.3 Å². The summed E-state index contributed by atoms with van der Waals surface area (Å²) in [6, 6.07) is 11.6. The van der Waals surface area contributed by atoms with Gasteiger partial charge in [0.15, 0.2) is 0 Å². The predicted octanol–water partition coefficient (Wildman–Crippen LogP) is 3.35. The van der Waals surface area contributed by atoms with Crippen LogP contribution in [0.4, 0.5) is 0 Å². The van der Waals surface area contributed by atoms with Crippen LogP contribution in [0, 0.1) is 20.8 Å². The average Bonchev–Trinajstić information content (AvgIpc) is 2.43. The SMILES string of the molecule is Cc1cc(C)c(C(=O)P(=O)(O)c2ccccc2)cc1C. The first kappa shape index (κ1) is 14.7. The quantitative estimate of drug-likeness (QED) is 0.881. The molecule has 3 nitrogen and oxygen atoms in total. The average molecular weight is 288 g/mol. The molecule has 1 atom stereocenters. The number of rotatable bonds is 3. The molecule has 2 rings (SSSR count). The number of hydrogen-bond acceptors (Lipinski definition) is 2. The smallest absolute Gasteiger partial charge is 0.298 e. The predicted molar refractivity (Wildman–Crippen MR) is 80.9 cm³/mol. The minimum absolute atomic E-state index is 0.169. The van der Waals surface area contributed by atoms with Gasteiger partial charge < -0.3 is 4.89 Å². The monoisotopic (exact) mass is 288 g/mol. The molecule has 0 heterocycles. The summed E-state index contributed by atoms with van der Waals surface area (Å²) in [6.07, 6.45) is 0. The fourth-order valence-corrected chi connectivity index (χ4v) is 3.48. The highest BCUT2D eigenvalue weighted by molar-refractivity contribution is 7.82. The highest BCUT2D eigenvalue weighted by Gasteiger charge is 2.33. The molecule has 0 aromatic heterocycles. The molecule has 1 N–H and O–H groups in total. The molecule has 0 amide bonds. The first-order valence-electron chi connectivity index (χ1n) is 6.35. The van der Waals surface area contributed by atoms with E-state index in [0.717, 1.165) is 16.7 Å². The summed E-state index contributed by atoms with van der Waals surface area (Å²) in [5, 5.41) is 0.169. The second-order valence-electron chi connectivity index (χ2n) is 4.97. The van der Waals surface area contributed by atoms with Crippen molar-refractivity contribution in [3.05, 3.63) is 64.7 Å². The lowest BCUT2D eigenvalue weighted by molar-refractivity contribution is 0.106. The van der Waals surface area contributed by atoms with Gasteiger partial charge in [0.2, 0.25) is 0 Å². The minimum Gasteiger partial charge on any atom is -0.336 e. The zero-order chi connectivity index (χ0) is 14.9. The van der Waals surface area contributed by atoms with E-state index in [9.17, 15) is 14.3 Å². The highest BCUT2D eigenvalue weighted by atomic mass is 31.2. The van der Waals surface area contributed by atoms with Gasteiger partial charge in [0.05, 0.1) is 0 Å². The van der Waals surface area contributed by atoms with Crippen LogP contribution < -0.4 is 5.30 Å². The molecule has 1 unspecified atom stereocenters. The zero-order valence-electron chi connectivity index (χ0n) is 11.8. The Morgan fingerprint density at radius 2 is 1.50 bits per heavy atom. The van der Waals surface area contributed by atoms with E-state index in [1.807, 2.05) is 19.9 Å². The van der Waals surface area contributed by atoms with Crippen LogP contribution in [0.2, 0.25) is 0 Å². The molecular weight excluding hydrogens is 271 g/mol. The van der Waals surface area contributed by atoms with Crippen molar-refractivity contribution in [3.63, 3.8) is 0 Å². The van der Waals surface area contributed by atoms with Crippen LogP contribution in [0.5, 0.6) is 0 Å². The van der Waals surface area contributed by atoms with Gasteiger partial charge in [-0.3, -0.25) is 9.36 Å². The summed E-state index contributed by atoms with van der Waals surface area (Å²) < 4.78 is 12.5. The molecule has 0 bridgehead atoms. The minimum atomic E-state index is -4.06. The van der Waals surface area contributed by atoms with Crippen molar-refractivity contribution in [2.24, 2.45) is 0 Å². The first-order valence-corrected chi connectivity index (χ1v) is 8.01. The summed E-state index contributed by atoms with van der Waals surface area (Å²) in [5.74, 6) is 0. The van der Waals surface area contributed by atoms with Crippen molar-refractivity contribution in [2.45, 2.75) is 20.8 Å². The number of benzene rings is 2. The van der Waals surface area contributed by atoms with Gasteiger partial charge in [0.25, 0.3) is 12.9 Å². The summed E-state index contributed by atoms with van der Waals surface area (Å²) >= 11 is 0. The lowest BCUT2D eigenvalue weighted by atomic mass is 10.0. The van der Waals surface area contributed by atoms with Crippen molar-refractivity contribution in [2.75, 3.05) is 0 Å². The van der Waals surface area contributed by atoms with Crippen molar-refractivity contribution in [3.8, 4) is 0 Å². The Hall–Kier alpha value is -1.70. The van der Waals surface area contributed by atoms with Crippen LogP contribution in [0.1, 0.15) is 27.0 Å². The van der Waals surface area contributed by atoms with Crippen molar-refractivity contribution >= 4 is 18.2 Å². The van der Waals surface area contributed by atoms with Gasteiger partial charge in [-0.1, -0.05) is 24.3 Å². The Labute approximate surface area is 118 Å². The molecule has 2 aromatic carbocycles. The molecule has 0 aliphatic carbocycles.